The van der Waals surface area contributed by atoms with Gasteiger partial charge in [0, 0.05) is 32.1 Å². The molecule has 2 amide bonds. The molecule has 1 fully saturated rings. The number of amides is 2. The van der Waals surface area contributed by atoms with E-state index in [0.717, 1.165) is 19.5 Å². The summed E-state index contributed by atoms with van der Waals surface area (Å²) in [4.78, 5) is 24.3. The van der Waals surface area contributed by atoms with Crippen molar-refractivity contribution in [1.82, 2.24) is 15.5 Å². The fourth-order valence-corrected chi connectivity index (χ4v) is 2.48. The SMILES string of the molecule is CC1CCCCN1CCCNC(=O)NCCC(O)C(=O)O. The van der Waals surface area contributed by atoms with E-state index >= 15 is 0 Å². The monoisotopic (exact) mass is 301 g/mol. The summed E-state index contributed by atoms with van der Waals surface area (Å²) in [5.74, 6) is -1.27. The van der Waals surface area contributed by atoms with Crippen molar-refractivity contribution in [2.24, 2.45) is 0 Å². The van der Waals surface area contributed by atoms with Crippen molar-refractivity contribution in [3.05, 3.63) is 0 Å². The lowest BCUT2D eigenvalue weighted by molar-refractivity contribution is -0.146. The number of nitrogens with one attached hydrogen (secondary N) is 2. The van der Waals surface area contributed by atoms with Gasteiger partial charge in [-0.05, 0) is 32.7 Å². The molecule has 0 radical (unpaired) electrons. The summed E-state index contributed by atoms with van der Waals surface area (Å²) in [5, 5.41) is 22.8. The van der Waals surface area contributed by atoms with Gasteiger partial charge in [-0.1, -0.05) is 6.42 Å². The number of aliphatic hydroxyl groups excluding tert-OH is 1. The summed E-state index contributed by atoms with van der Waals surface area (Å²) in [6.07, 6.45) is 3.29. The molecule has 1 aliphatic heterocycles. The van der Waals surface area contributed by atoms with Gasteiger partial charge in [0.15, 0.2) is 6.10 Å². The van der Waals surface area contributed by atoms with Crippen molar-refractivity contribution in [1.29, 1.82) is 0 Å². The normalized spacial score (nSPS) is 20.8. The van der Waals surface area contributed by atoms with Crippen molar-refractivity contribution >= 4 is 12.0 Å². The highest BCUT2D eigenvalue weighted by Gasteiger charge is 2.17. The quantitative estimate of drug-likeness (QED) is 0.486. The lowest BCUT2D eigenvalue weighted by atomic mass is 10.0. The highest BCUT2D eigenvalue weighted by molar-refractivity contribution is 5.74. The maximum absolute atomic E-state index is 11.4. The molecule has 0 bridgehead atoms. The Balaban J connectivity index is 2.01. The first-order valence-corrected chi connectivity index (χ1v) is 7.67. The number of carbonyl (C=O) groups excluding carboxylic acids is 1. The zero-order chi connectivity index (χ0) is 15.7. The number of hydrogen-bond donors (Lipinski definition) is 4. The second-order valence-electron chi connectivity index (χ2n) is 5.56. The zero-order valence-electron chi connectivity index (χ0n) is 12.7. The van der Waals surface area contributed by atoms with Crippen LogP contribution >= 0.6 is 0 Å². The first-order chi connectivity index (χ1) is 10.0. The molecule has 0 aromatic rings. The van der Waals surface area contributed by atoms with E-state index in [1.165, 1.54) is 19.3 Å². The molecular formula is C14H27N3O4. The van der Waals surface area contributed by atoms with Gasteiger partial charge in [-0.3, -0.25) is 0 Å². The van der Waals surface area contributed by atoms with E-state index in [2.05, 4.69) is 22.5 Å². The Morgan fingerprint density at radius 1 is 1.29 bits per heavy atom. The fourth-order valence-electron chi connectivity index (χ4n) is 2.48. The molecule has 21 heavy (non-hydrogen) atoms. The molecule has 7 nitrogen and oxygen atoms in total. The van der Waals surface area contributed by atoms with E-state index in [1.54, 1.807) is 0 Å². The number of aliphatic hydroxyl groups is 1. The number of aliphatic carboxylic acids is 1. The minimum Gasteiger partial charge on any atom is -0.479 e. The largest absolute Gasteiger partial charge is 0.479 e. The van der Waals surface area contributed by atoms with Crippen LogP contribution in [0.3, 0.4) is 0 Å². The predicted molar refractivity (Wildman–Crippen MR) is 79.2 cm³/mol. The minimum absolute atomic E-state index is 0.00798. The molecule has 0 aromatic heterocycles. The van der Waals surface area contributed by atoms with Crippen LogP contribution in [0.25, 0.3) is 0 Å². The summed E-state index contributed by atoms with van der Waals surface area (Å²) in [6, 6.07) is 0.310. The Hall–Kier alpha value is -1.34. The van der Waals surface area contributed by atoms with Gasteiger partial charge >= 0.3 is 12.0 Å². The van der Waals surface area contributed by atoms with Gasteiger partial charge in [-0.2, -0.15) is 0 Å². The van der Waals surface area contributed by atoms with E-state index in [-0.39, 0.29) is 19.0 Å². The van der Waals surface area contributed by atoms with E-state index in [0.29, 0.717) is 12.6 Å². The molecule has 2 unspecified atom stereocenters. The Kier molecular flexibility index (Phi) is 8.07. The lowest BCUT2D eigenvalue weighted by Gasteiger charge is -2.33. The molecule has 1 heterocycles. The highest BCUT2D eigenvalue weighted by atomic mass is 16.4. The van der Waals surface area contributed by atoms with Crippen molar-refractivity contribution in [2.45, 2.75) is 51.2 Å². The van der Waals surface area contributed by atoms with Gasteiger partial charge in [-0.15, -0.1) is 0 Å². The number of piperidine rings is 1. The second kappa shape index (κ2) is 9.57. The molecule has 7 heteroatoms. The van der Waals surface area contributed by atoms with Crippen LogP contribution < -0.4 is 10.6 Å². The summed E-state index contributed by atoms with van der Waals surface area (Å²) in [5.41, 5.74) is 0. The van der Waals surface area contributed by atoms with Gasteiger partial charge in [0.1, 0.15) is 0 Å². The summed E-state index contributed by atoms with van der Waals surface area (Å²) >= 11 is 0. The predicted octanol–water partition coefficient (Wildman–Crippen LogP) is 0.386. The Morgan fingerprint density at radius 2 is 2.00 bits per heavy atom. The van der Waals surface area contributed by atoms with Gasteiger partial charge in [0.05, 0.1) is 0 Å². The number of carboxylic acid groups (broad SMARTS) is 1. The van der Waals surface area contributed by atoms with E-state index in [4.69, 9.17) is 10.2 Å². The summed E-state index contributed by atoms with van der Waals surface area (Å²) < 4.78 is 0. The molecule has 1 saturated heterocycles. The van der Waals surface area contributed by atoms with Crippen LogP contribution in [0.5, 0.6) is 0 Å². The number of nitrogens with zero attached hydrogens (tertiary/aromatic N) is 1. The molecule has 0 saturated carbocycles. The maximum atomic E-state index is 11.4. The third kappa shape index (κ3) is 7.29. The Bertz CT molecular complexity index is 338. The van der Waals surface area contributed by atoms with Crippen molar-refractivity contribution in [3.63, 3.8) is 0 Å². The first-order valence-electron chi connectivity index (χ1n) is 7.67. The highest BCUT2D eigenvalue weighted by Crippen LogP contribution is 2.15. The molecule has 0 spiro atoms. The third-order valence-electron chi connectivity index (χ3n) is 3.84. The van der Waals surface area contributed by atoms with E-state index in [1.807, 2.05) is 0 Å². The van der Waals surface area contributed by atoms with E-state index < -0.39 is 12.1 Å². The third-order valence-corrected chi connectivity index (χ3v) is 3.84. The van der Waals surface area contributed by atoms with Crippen molar-refractivity contribution in [3.8, 4) is 0 Å². The molecule has 0 aliphatic carbocycles. The number of rotatable bonds is 8. The molecule has 2 atom stereocenters. The van der Waals surface area contributed by atoms with Gasteiger partial charge in [0.2, 0.25) is 0 Å². The second-order valence-corrected chi connectivity index (χ2v) is 5.56. The van der Waals surface area contributed by atoms with Gasteiger partial charge in [-0.25, -0.2) is 9.59 Å². The van der Waals surface area contributed by atoms with E-state index in [9.17, 15) is 9.59 Å². The van der Waals surface area contributed by atoms with Crippen molar-refractivity contribution in [2.75, 3.05) is 26.2 Å². The minimum atomic E-state index is -1.43. The number of likely N-dealkylation sites (tertiary alicyclic amines) is 1. The standard InChI is InChI=1S/C14H27N3O4/c1-11-5-2-3-9-17(11)10-4-7-15-14(21)16-8-6-12(18)13(19)20/h11-12,18H,2-10H2,1H3,(H,19,20)(H2,15,16,21). The van der Waals surface area contributed by atoms with Crippen LogP contribution in [-0.2, 0) is 4.79 Å². The van der Waals surface area contributed by atoms with Gasteiger partial charge in [0.25, 0.3) is 0 Å². The molecule has 122 valence electrons. The molecule has 1 rings (SSSR count). The average molecular weight is 301 g/mol. The van der Waals surface area contributed by atoms with Crippen LogP contribution in [0.4, 0.5) is 4.79 Å². The van der Waals surface area contributed by atoms with Crippen LogP contribution in [-0.4, -0.2) is 65.4 Å². The Morgan fingerprint density at radius 3 is 2.67 bits per heavy atom. The lowest BCUT2D eigenvalue weighted by Crippen LogP contribution is -2.41. The maximum Gasteiger partial charge on any atom is 0.332 e. The van der Waals surface area contributed by atoms with Crippen LogP contribution in [0, 0.1) is 0 Å². The number of urea groups is 1. The Labute approximate surface area is 125 Å². The fraction of sp³-hybridized carbons (Fsp3) is 0.857. The topological polar surface area (TPSA) is 102 Å². The van der Waals surface area contributed by atoms with Crippen LogP contribution in [0.1, 0.15) is 39.0 Å². The number of carboxylic acids is 1. The molecule has 1 aliphatic rings. The molecule has 0 aromatic carbocycles. The van der Waals surface area contributed by atoms with Gasteiger partial charge < -0.3 is 25.7 Å². The summed E-state index contributed by atoms with van der Waals surface area (Å²) in [7, 11) is 0. The molecule has 4 N–H and O–H groups in total. The molecular weight excluding hydrogens is 274 g/mol. The summed E-state index contributed by atoms with van der Waals surface area (Å²) in [6.45, 7) is 5.10. The van der Waals surface area contributed by atoms with Crippen LogP contribution in [0.2, 0.25) is 0 Å². The number of hydrogen-bond acceptors (Lipinski definition) is 4. The van der Waals surface area contributed by atoms with Crippen LogP contribution in [0.15, 0.2) is 0 Å². The number of carbonyl (C=O) groups is 2. The first kappa shape index (κ1) is 17.7. The smallest absolute Gasteiger partial charge is 0.332 e. The van der Waals surface area contributed by atoms with Crippen molar-refractivity contribution < 1.29 is 19.8 Å². The average Bonchev–Trinajstić information content (AvgIpc) is 2.45. The zero-order valence-corrected chi connectivity index (χ0v) is 12.7.